The maximum Gasteiger partial charge on any atom is 0.223 e. The second-order valence-electron chi connectivity index (χ2n) is 7.29. The molecule has 0 aliphatic carbocycles. The van der Waals surface area contributed by atoms with Crippen molar-refractivity contribution in [3.05, 3.63) is 0 Å². The van der Waals surface area contributed by atoms with Crippen molar-refractivity contribution in [1.82, 2.24) is 20.0 Å². The Kier molecular flexibility index (Phi) is 5.37. The lowest BCUT2D eigenvalue weighted by Gasteiger charge is -2.37. The summed E-state index contributed by atoms with van der Waals surface area (Å²) in [5.41, 5.74) is 0. The van der Waals surface area contributed by atoms with Crippen LogP contribution in [-0.2, 0) is 4.79 Å². The standard InChI is InChI=1S/C17H32N4O/c1-3-20-8-10-21(11-9-20)7-6-17(22)19(2)16-12-14-4-5-15(13-16)18-14/h14-16,18H,3-13H2,1-2H3. The number of hydrogen-bond acceptors (Lipinski definition) is 4. The lowest BCUT2D eigenvalue weighted by atomic mass is 9.98. The van der Waals surface area contributed by atoms with Crippen molar-refractivity contribution < 1.29 is 4.79 Å². The first-order valence-electron chi connectivity index (χ1n) is 9.12. The van der Waals surface area contributed by atoms with Crippen LogP contribution in [0.3, 0.4) is 0 Å². The zero-order valence-corrected chi connectivity index (χ0v) is 14.3. The Hall–Kier alpha value is -0.650. The minimum absolute atomic E-state index is 0.337. The van der Waals surface area contributed by atoms with Crippen LogP contribution in [0.4, 0.5) is 0 Å². The molecule has 126 valence electrons. The van der Waals surface area contributed by atoms with Crippen LogP contribution in [0.15, 0.2) is 0 Å². The molecule has 2 atom stereocenters. The molecule has 0 radical (unpaired) electrons. The fourth-order valence-corrected chi connectivity index (χ4v) is 4.31. The van der Waals surface area contributed by atoms with Gasteiger partial charge in [-0.05, 0) is 32.2 Å². The Morgan fingerprint density at radius 2 is 1.68 bits per heavy atom. The summed E-state index contributed by atoms with van der Waals surface area (Å²) in [4.78, 5) is 19.5. The molecule has 5 heteroatoms. The van der Waals surface area contributed by atoms with Gasteiger partial charge in [0, 0.05) is 64.3 Å². The Balaban J connectivity index is 1.40. The van der Waals surface area contributed by atoms with E-state index in [1.54, 1.807) is 0 Å². The average Bonchev–Trinajstić information content (AvgIpc) is 2.90. The minimum atomic E-state index is 0.337. The molecule has 0 aromatic carbocycles. The summed E-state index contributed by atoms with van der Waals surface area (Å²) in [5, 5.41) is 3.66. The molecule has 3 saturated heterocycles. The van der Waals surface area contributed by atoms with Crippen LogP contribution >= 0.6 is 0 Å². The quantitative estimate of drug-likeness (QED) is 0.814. The number of carbonyl (C=O) groups is 1. The van der Waals surface area contributed by atoms with Gasteiger partial charge in [0.15, 0.2) is 0 Å². The number of piperazine rings is 1. The second-order valence-corrected chi connectivity index (χ2v) is 7.29. The first-order valence-corrected chi connectivity index (χ1v) is 9.12. The minimum Gasteiger partial charge on any atom is -0.343 e. The normalized spacial score (nSPS) is 33.1. The van der Waals surface area contributed by atoms with E-state index in [0.29, 0.717) is 30.5 Å². The summed E-state index contributed by atoms with van der Waals surface area (Å²) in [6.07, 6.45) is 5.57. The van der Waals surface area contributed by atoms with Gasteiger partial charge in [-0.1, -0.05) is 6.92 Å². The lowest BCUT2D eigenvalue weighted by molar-refractivity contribution is -0.133. The number of nitrogens with zero attached hydrogens (tertiary/aromatic N) is 3. The molecule has 0 spiro atoms. The lowest BCUT2D eigenvalue weighted by Crippen LogP contribution is -2.50. The fraction of sp³-hybridized carbons (Fsp3) is 0.941. The highest BCUT2D eigenvalue weighted by Crippen LogP contribution is 2.29. The Morgan fingerprint density at radius 3 is 2.27 bits per heavy atom. The molecule has 0 saturated carbocycles. The van der Waals surface area contributed by atoms with Crippen LogP contribution in [0, 0.1) is 0 Å². The second kappa shape index (κ2) is 7.28. The van der Waals surface area contributed by atoms with Gasteiger partial charge in [0.2, 0.25) is 5.91 Å². The van der Waals surface area contributed by atoms with Gasteiger partial charge in [-0.3, -0.25) is 4.79 Å². The molecule has 3 fully saturated rings. The zero-order chi connectivity index (χ0) is 15.5. The van der Waals surface area contributed by atoms with Gasteiger partial charge < -0.3 is 20.0 Å². The Morgan fingerprint density at radius 1 is 1.09 bits per heavy atom. The summed E-state index contributed by atoms with van der Waals surface area (Å²) in [5.74, 6) is 0.337. The molecule has 3 aliphatic rings. The Labute approximate surface area is 135 Å². The monoisotopic (exact) mass is 308 g/mol. The van der Waals surface area contributed by atoms with E-state index in [9.17, 15) is 4.79 Å². The molecule has 5 nitrogen and oxygen atoms in total. The molecule has 22 heavy (non-hydrogen) atoms. The highest BCUT2D eigenvalue weighted by Gasteiger charge is 2.36. The summed E-state index contributed by atoms with van der Waals surface area (Å²) in [7, 11) is 2.02. The van der Waals surface area contributed by atoms with Crippen molar-refractivity contribution in [2.75, 3.05) is 46.3 Å². The maximum atomic E-state index is 12.5. The third-order valence-corrected chi connectivity index (χ3v) is 5.94. The number of rotatable bonds is 5. The van der Waals surface area contributed by atoms with E-state index in [4.69, 9.17) is 0 Å². The van der Waals surface area contributed by atoms with Crippen LogP contribution in [0.2, 0.25) is 0 Å². The smallest absolute Gasteiger partial charge is 0.223 e. The molecule has 0 aromatic rings. The van der Waals surface area contributed by atoms with Gasteiger partial charge in [-0.15, -0.1) is 0 Å². The summed E-state index contributed by atoms with van der Waals surface area (Å²) < 4.78 is 0. The van der Waals surface area contributed by atoms with E-state index < -0.39 is 0 Å². The van der Waals surface area contributed by atoms with Gasteiger partial charge in [0.1, 0.15) is 0 Å². The van der Waals surface area contributed by atoms with Crippen molar-refractivity contribution in [2.45, 2.75) is 57.2 Å². The zero-order valence-electron chi connectivity index (χ0n) is 14.3. The van der Waals surface area contributed by atoms with E-state index in [-0.39, 0.29) is 0 Å². The number of amides is 1. The van der Waals surface area contributed by atoms with Crippen LogP contribution in [0.5, 0.6) is 0 Å². The fourth-order valence-electron chi connectivity index (χ4n) is 4.31. The molecule has 1 N–H and O–H groups in total. The third-order valence-electron chi connectivity index (χ3n) is 5.94. The Bertz CT molecular complexity index is 369. The summed E-state index contributed by atoms with van der Waals surface area (Å²) >= 11 is 0. The number of piperidine rings is 1. The van der Waals surface area contributed by atoms with Crippen molar-refractivity contribution in [2.24, 2.45) is 0 Å². The van der Waals surface area contributed by atoms with Crippen molar-refractivity contribution in [3.63, 3.8) is 0 Å². The maximum absolute atomic E-state index is 12.5. The topological polar surface area (TPSA) is 38.8 Å². The van der Waals surface area contributed by atoms with E-state index in [1.807, 2.05) is 7.05 Å². The molecule has 3 heterocycles. The van der Waals surface area contributed by atoms with E-state index in [0.717, 1.165) is 52.1 Å². The first-order chi connectivity index (χ1) is 10.7. The van der Waals surface area contributed by atoms with E-state index in [2.05, 4.69) is 26.9 Å². The van der Waals surface area contributed by atoms with Crippen LogP contribution < -0.4 is 5.32 Å². The van der Waals surface area contributed by atoms with Gasteiger partial charge in [-0.2, -0.15) is 0 Å². The highest BCUT2D eigenvalue weighted by molar-refractivity contribution is 5.76. The van der Waals surface area contributed by atoms with E-state index >= 15 is 0 Å². The van der Waals surface area contributed by atoms with Gasteiger partial charge in [0.05, 0.1) is 0 Å². The molecule has 0 aromatic heterocycles. The third kappa shape index (κ3) is 3.81. The molecule has 3 rings (SSSR count). The SMILES string of the molecule is CCN1CCN(CCC(=O)N(C)C2CC3CCC(C2)N3)CC1. The number of hydrogen-bond donors (Lipinski definition) is 1. The highest BCUT2D eigenvalue weighted by atomic mass is 16.2. The number of carbonyl (C=O) groups excluding carboxylic acids is 1. The number of nitrogens with one attached hydrogen (secondary N) is 1. The molecule has 2 unspecified atom stereocenters. The molecule has 1 amide bonds. The van der Waals surface area contributed by atoms with Crippen molar-refractivity contribution in [3.8, 4) is 0 Å². The van der Waals surface area contributed by atoms with Crippen LogP contribution in [0.25, 0.3) is 0 Å². The number of fused-ring (bicyclic) bond motifs is 2. The molecule has 2 bridgehead atoms. The molecular weight excluding hydrogens is 276 g/mol. The predicted octanol–water partition coefficient (Wildman–Crippen LogP) is 0.755. The molecule has 3 aliphatic heterocycles. The van der Waals surface area contributed by atoms with Crippen molar-refractivity contribution >= 4 is 5.91 Å². The summed E-state index contributed by atoms with van der Waals surface area (Å²) in [6, 6.07) is 1.77. The predicted molar refractivity (Wildman–Crippen MR) is 88.9 cm³/mol. The van der Waals surface area contributed by atoms with Crippen LogP contribution in [0.1, 0.15) is 39.0 Å². The van der Waals surface area contributed by atoms with Crippen LogP contribution in [-0.4, -0.2) is 85.0 Å². The van der Waals surface area contributed by atoms with Crippen molar-refractivity contribution in [1.29, 1.82) is 0 Å². The largest absolute Gasteiger partial charge is 0.343 e. The van der Waals surface area contributed by atoms with Gasteiger partial charge >= 0.3 is 0 Å². The summed E-state index contributed by atoms with van der Waals surface area (Å²) in [6.45, 7) is 8.83. The average molecular weight is 308 g/mol. The molecular formula is C17H32N4O. The first kappa shape index (κ1) is 16.2. The van der Waals surface area contributed by atoms with Gasteiger partial charge in [0.25, 0.3) is 0 Å². The van der Waals surface area contributed by atoms with Gasteiger partial charge in [-0.25, -0.2) is 0 Å². The van der Waals surface area contributed by atoms with E-state index in [1.165, 1.54) is 12.8 Å². The number of likely N-dealkylation sites (N-methyl/N-ethyl adjacent to an activating group) is 1.